The lowest BCUT2D eigenvalue weighted by Gasteiger charge is -2.40. The van der Waals surface area contributed by atoms with Crippen molar-refractivity contribution in [1.29, 1.82) is 0 Å². The normalized spacial score (nSPS) is 19.5. The molecule has 0 saturated carbocycles. The lowest BCUT2D eigenvalue weighted by atomic mass is 9.99. The van der Waals surface area contributed by atoms with Crippen molar-refractivity contribution >= 4 is 5.91 Å². The van der Waals surface area contributed by atoms with Crippen LogP contribution in [0.4, 0.5) is 0 Å². The molecule has 75 heavy (non-hydrogen) atoms. The number of aliphatic hydroxyl groups is 6. The summed E-state index contributed by atoms with van der Waals surface area (Å²) in [5.74, 6) is -0.622. The Balaban J connectivity index is 2.11. The van der Waals surface area contributed by atoms with E-state index in [0.717, 1.165) is 32.1 Å². The molecular formula is C65H123NO9. The van der Waals surface area contributed by atoms with E-state index in [1.807, 2.05) is 6.08 Å². The number of nitrogens with one attached hydrogen (secondary N) is 1. The van der Waals surface area contributed by atoms with Gasteiger partial charge in [0.05, 0.1) is 25.4 Å². The smallest absolute Gasteiger partial charge is 0.249 e. The van der Waals surface area contributed by atoms with Crippen molar-refractivity contribution in [3.05, 3.63) is 36.5 Å². The van der Waals surface area contributed by atoms with Gasteiger partial charge in [-0.15, -0.1) is 0 Å². The van der Waals surface area contributed by atoms with Gasteiger partial charge in [-0.3, -0.25) is 4.79 Å². The van der Waals surface area contributed by atoms with Crippen molar-refractivity contribution in [3.8, 4) is 0 Å². The summed E-state index contributed by atoms with van der Waals surface area (Å²) in [6.45, 7) is 3.62. The van der Waals surface area contributed by atoms with Crippen LogP contribution in [0.1, 0.15) is 309 Å². The largest absolute Gasteiger partial charge is 0.394 e. The Labute approximate surface area is 462 Å². The van der Waals surface area contributed by atoms with Crippen molar-refractivity contribution in [3.63, 3.8) is 0 Å². The van der Waals surface area contributed by atoms with E-state index in [4.69, 9.17) is 9.47 Å². The Morgan fingerprint density at radius 1 is 0.453 bits per heavy atom. The highest BCUT2D eigenvalue weighted by Crippen LogP contribution is 2.23. The molecule has 442 valence electrons. The molecule has 1 amide bonds. The molecule has 8 unspecified atom stereocenters. The van der Waals surface area contributed by atoms with Crippen molar-refractivity contribution < 1.29 is 44.9 Å². The zero-order valence-electron chi connectivity index (χ0n) is 48.9. The second-order valence-electron chi connectivity index (χ2n) is 22.7. The van der Waals surface area contributed by atoms with Gasteiger partial charge >= 0.3 is 0 Å². The molecule has 0 radical (unpaired) electrons. The standard InChI is InChI=1S/C65H123NO9/c1-3-5-7-9-11-13-15-17-19-20-21-22-23-24-25-26-27-28-29-30-31-32-33-34-35-36-37-38-39-40-42-44-46-48-50-52-54-59(69)64(73)66-57(56-74-65-63(72)62(71)61(70)60(55-67)75-65)58(68)53-51-49-47-45-43-41-18-16-14-12-10-8-6-4-2/h28-29,43,45,51,53,57-63,65,67-72H,3-27,30-42,44,46-50,52,54-56H2,1-2H3,(H,66,73)/b29-28-,45-43+,53-51+. The number of hydrogen-bond acceptors (Lipinski definition) is 9. The highest BCUT2D eigenvalue weighted by molar-refractivity contribution is 5.80. The predicted molar refractivity (Wildman–Crippen MR) is 315 cm³/mol. The van der Waals surface area contributed by atoms with Gasteiger partial charge in [-0.1, -0.05) is 288 Å². The lowest BCUT2D eigenvalue weighted by Crippen LogP contribution is -2.60. The molecule has 0 aromatic carbocycles. The third kappa shape index (κ3) is 42.9. The zero-order chi connectivity index (χ0) is 54.5. The van der Waals surface area contributed by atoms with Gasteiger partial charge in [0, 0.05) is 0 Å². The second kappa shape index (κ2) is 54.3. The number of aliphatic hydroxyl groups excluding tert-OH is 6. The van der Waals surface area contributed by atoms with Crippen LogP contribution in [0.15, 0.2) is 36.5 Å². The molecule has 1 aliphatic heterocycles. The van der Waals surface area contributed by atoms with Crippen molar-refractivity contribution in [2.45, 2.75) is 358 Å². The number of amides is 1. The Morgan fingerprint density at radius 3 is 1.16 bits per heavy atom. The molecule has 0 bridgehead atoms. The Hall–Kier alpha value is -1.63. The van der Waals surface area contributed by atoms with Crippen molar-refractivity contribution in [2.24, 2.45) is 0 Å². The van der Waals surface area contributed by atoms with Crippen LogP contribution in [-0.4, -0.2) is 98.7 Å². The van der Waals surface area contributed by atoms with Crippen LogP contribution in [0, 0.1) is 0 Å². The number of hydrogen-bond donors (Lipinski definition) is 7. The number of allylic oxidation sites excluding steroid dienone is 5. The molecular weight excluding hydrogens is 939 g/mol. The predicted octanol–water partition coefficient (Wildman–Crippen LogP) is 15.7. The van der Waals surface area contributed by atoms with E-state index in [2.05, 4.69) is 43.5 Å². The zero-order valence-corrected chi connectivity index (χ0v) is 48.9. The molecule has 10 nitrogen and oxygen atoms in total. The third-order valence-electron chi connectivity index (χ3n) is 15.5. The SMILES string of the molecule is CCCCCCCCCC/C=C/CC/C=C/C(O)C(COC1OC(CO)C(O)C(O)C1O)NC(=O)C(O)CCCCCCCCCCCCCCCCCC/C=C\CCCCCCCCCCCCCCCCCC. The Kier molecular flexibility index (Phi) is 51.7. The minimum absolute atomic E-state index is 0.306. The monoisotopic (exact) mass is 1060 g/mol. The molecule has 7 N–H and O–H groups in total. The highest BCUT2D eigenvalue weighted by Gasteiger charge is 2.44. The number of carbonyl (C=O) groups excluding carboxylic acids is 1. The molecule has 0 aliphatic carbocycles. The molecule has 10 heteroatoms. The minimum atomic E-state index is -1.62. The molecule has 0 spiro atoms. The van der Waals surface area contributed by atoms with Crippen molar-refractivity contribution in [2.75, 3.05) is 13.2 Å². The molecule has 1 rings (SSSR count). The Morgan fingerprint density at radius 2 is 0.787 bits per heavy atom. The maximum absolute atomic E-state index is 13.1. The first-order valence-corrected chi connectivity index (χ1v) is 32.3. The van der Waals surface area contributed by atoms with Crippen LogP contribution >= 0.6 is 0 Å². The van der Waals surface area contributed by atoms with Crippen LogP contribution in [-0.2, 0) is 14.3 Å². The van der Waals surface area contributed by atoms with Crippen LogP contribution in [0.5, 0.6) is 0 Å². The topological polar surface area (TPSA) is 169 Å². The first-order valence-electron chi connectivity index (χ1n) is 32.3. The average molecular weight is 1060 g/mol. The summed E-state index contributed by atoms with van der Waals surface area (Å²) in [5.41, 5.74) is 0. The van der Waals surface area contributed by atoms with Crippen LogP contribution in [0.3, 0.4) is 0 Å². The van der Waals surface area contributed by atoms with E-state index >= 15 is 0 Å². The summed E-state index contributed by atoms with van der Waals surface area (Å²) in [5, 5.41) is 65.0. The van der Waals surface area contributed by atoms with Gasteiger partial charge in [-0.05, 0) is 57.8 Å². The highest BCUT2D eigenvalue weighted by atomic mass is 16.7. The van der Waals surface area contributed by atoms with Gasteiger partial charge in [0.25, 0.3) is 0 Å². The van der Waals surface area contributed by atoms with Gasteiger partial charge in [-0.25, -0.2) is 0 Å². The molecule has 1 heterocycles. The van der Waals surface area contributed by atoms with E-state index < -0.39 is 61.5 Å². The summed E-state index contributed by atoms with van der Waals surface area (Å²) in [7, 11) is 0. The fourth-order valence-electron chi connectivity index (χ4n) is 10.4. The van der Waals surface area contributed by atoms with Gasteiger partial charge < -0.3 is 45.4 Å². The van der Waals surface area contributed by atoms with Crippen LogP contribution < -0.4 is 5.32 Å². The Bertz CT molecular complexity index is 1290. The quantitative estimate of drug-likeness (QED) is 0.0232. The van der Waals surface area contributed by atoms with Crippen LogP contribution in [0.25, 0.3) is 0 Å². The summed E-state index contributed by atoms with van der Waals surface area (Å²) >= 11 is 0. The number of carbonyl (C=O) groups is 1. The van der Waals surface area contributed by atoms with Crippen molar-refractivity contribution in [1.82, 2.24) is 5.32 Å². The average Bonchev–Trinajstić information content (AvgIpc) is 3.41. The van der Waals surface area contributed by atoms with Gasteiger partial charge in [0.2, 0.25) is 5.91 Å². The second-order valence-corrected chi connectivity index (χ2v) is 22.7. The van der Waals surface area contributed by atoms with E-state index in [1.165, 1.54) is 244 Å². The molecule has 1 fully saturated rings. The van der Waals surface area contributed by atoms with Crippen LogP contribution in [0.2, 0.25) is 0 Å². The molecule has 0 aromatic heterocycles. The molecule has 1 aliphatic rings. The summed E-state index contributed by atoms with van der Waals surface area (Å²) < 4.78 is 11.2. The fraction of sp³-hybridized carbons (Fsp3) is 0.892. The maximum atomic E-state index is 13.1. The number of ether oxygens (including phenoxy) is 2. The molecule has 1 saturated heterocycles. The summed E-state index contributed by atoms with van der Waals surface area (Å²) in [4.78, 5) is 13.1. The van der Waals surface area contributed by atoms with E-state index in [0.29, 0.717) is 19.3 Å². The third-order valence-corrected chi connectivity index (χ3v) is 15.5. The molecule has 8 atom stereocenters. The molecule has 0 aromatic rings. The first kappa shape index (κ1) is 71.4. The van der Waals surface area contributed by atoms with E-state index in [-0.39, 0.29) is 6.61 Å². The number of rotatable bonds is 56. The first-order chi connectivity index (χ1) is 36.8. The maximum Gasteiger partial charge on any atom is 0.249 e. The fourth-order valence-corrected chi connectivity index (χ4v) is 10.4. The van der Waals surface area contributed by atoms with E-state index in [9.17, 15) is 35.4 Å². The summed E-state index contributed by atoms with van der Waals surface area (Å²) in [6, 6.07) is -0.996. The van der Waals surface area contributed by atoms with E-state index in [1.54, 1.807) is 6.08 Å². The minimum Gasteiger partial charge on any atom is -0.394 e. The number of unbranched alkanes of at least 4 members (excludes halogenated alkanes) is 41. The van der Waals surface area contributed by atoms with Gasteiger partial charge in [0.1, 0.15) is 30.5 Å². The lowest BCUT2D eigenvalue weighted by molar-refractivity contribution is -0.302. The van der Waals surface area contributed by atoms with Gasteiger partial charge in [-0.2, -0.15) is 0 Å². The summed E-state index contributed by atoms with van der Waals surface area (Å²) in [6.07, 6.45) is 61.5. The van der Waals surface area contributed by atoms with Gasteiger partial charge in [0.15, 0.2) is 6.29 Å².